The van der Waals surface area contributed by atoms with E-state index in [0.29, 0.717) is 12.6 Å². The monoisotopic (exact) mass is 350 g/mol. The molecule has 1 fully saturated rings. The van der Waals surface area contributed by atoms with Gasteiger partial charge in [-0.25, -0.2) is 4.79 Å². The summed E-state index contributed by atoms with van der Waals surface area (Å²) in [5.41, 5.74) is 5.29. The second-order valence-electron chi connectivity index (χ2n) is 7.37. The van der Waals surface area contributed by atoms with Crippen molar-refractivity contribution in [3.63, 3.8) is 0 Å². The van der Waals surface area contributed by atoms with E-state index < -0.39 is 0 Å². The molecule has 2 aromatic carbocycles. The summed E-state index contributed by atoms with van der Waals surface area (Å²) in [5, 5.41) is 6.64. The molecule has 0 aliphatic heterocycles. The van der Waals surface area contributed by atoms with Crippen LogP contribution < -0.4 is 10.6 Å². The van der Waals surface area contributed by atoms with E-state index in [1.54, 1.807) is 0 Å². The molecule has 136 valence electrons. The SMILES string of the molecule is O=C(NC1CC(Nc2cccc3c2CCCC3)C1)OCc1ccccc1. The molecule has 1 amide bonds. The predicted molar refractivity (Wildman–Crippen MR) is 103 cm³/mol. The Bertz CT molecular complexity index is 754. The van der Waals surface area contributed by atoms with Crippen molar-refractivity contribution in [2.24, 2.45) is 0 Å². The van der Waals surface area contributed by atoms with E-state index in [4.69, 9.17) is 4.74 Å². The standard InChI is InChI=1S/C22H26N2O2/c25-22(26-15-16-7-2-1-3-8-16)24-19-13-18(14-19)23-21-12-6-10-17-9-4-5-11-20(17)21/h1-3,6-8,10,12,18-19,23H,4-5,9,11,13-15H2,(H,24,25). The third-order valence-corrected chi connectivity index (χ3v) is 5.43. The number of benzene rings is 2. The molecule has 2 N–H and O–H groups in total. The Morgan fingerprint density at radius 1 is 0.962 bits per heavy atom. The number of carbonyl (C=O) groups excluding carboxylic acids is 1. The summed E-state index contributed by atoms with van der Waals surface area (Å²) in [6, 6.07) is 17.0. The molecule has 0 spiro atoms. The number of hydrogen-bond acceptors (Lipinski definition) is 3. The van der Waals surface area contributed by atoms with Crippen LogP contribution in [-0.4, -0.2) is 18.2 Å². The van der Waals surface area contributed by atoms with Crippen molar-refractivity contribution >= 4 is 11.8 Å². The maximum atomic E-state index is 11.9. The van der Waals surface area contributed by atoms with Gasteiger partial charge in [0.1, 0.15) is 6.61 Å². The fraction of sp³-hybridized carbons (Fsp3) is 0.409. The number of ether oxygens (including phenoxy) is 1. The third kappa shape index (κ3) is 4.01. The van der Waals surface area contributed by atoms with Crippen molar-refractivity contribution in [2.45, 2.75) is 57.2 Å². The zero-order valence-corrected chi connectivity index (χ0v) is 15.0. The highest BCUT2D eigenvalue weighted by molar-refractivity contribution is 5.68. The number of carbonyl (C=O) groups is 1. The molecule has 0 radical (unpaired) electrons. The third-order valence-electron chi connectivity index (χ3n) is 5.43. The molecule has 0 atom stereocenters. The fourth-order valence-corrected chi connectivity index (χ4v) is 3.92. The maximum absolute atomic E-state index is 11.9. The Morgan fingerprint density at radius 2 is 1.77 bits per heavy atom. The Balaban J connectivity index is 1.22. The van der Waals surface area contributed by atoms with Crippen LogP contribution >= 0.6 is 0 Å². The van der Waals surface area contributed by atoms with Crippen molar-refractivity contribution in [3.05, 3.63) is 65.2 Å². The van der Waals surface area contributed by atoms with Crippen molar-refractivity contribution in [3.8, 4) is 0 Å². The van der Waals surface area contributed by atoms with Crippen LogP contribution in [0, 0.1) is 0 Å². The van der Waals surface area contributed by atoms with Crippen molar-refractivity contribution in [2.75, 3.05) is 5.32 Å². The topological polar surface area (TPSA) is 50.4 Å². The quantitative estimate of drug-likeness (QED) is 0.838. The van der Waals surface area contributed by atoms with E-state index in [1.165, 1.54) is 42.5 Å². The van der Waals surface area contributed by atoms with Gasteiger partial charge in [-0.15, -0.1) is 0 Å². The van der Waals surface area contributed by atoms with Gasteiger partial charge in [-0.2, -0.15) is 0 Å². The van der Waals surface area contributed by atoms with Gasteiger partial charge in [-0.3, -0.25) is 0 Å². The van der Waals surface area contributed by atoms with Crippen molar-refractivity contribution in [1.29, 1.82) is 0 Å². The summed E-state index contributed by atoms with van der Waals surface area (Å²) in [6.07, 6.45) is 6.54. The Kier molecular flexibility index (Phi) is 5.09. The van der Waals surface area contributed by atoms with Crippen LogP contribution in [0.4, 0.5) is 10.5 Å². The summed E-state index contributed by atoms with van der Waals surface area (Å²) >= 11 is 0. The smallest absolute Gasteiger partial charge is 0.407 e. The van der Waals surface area contributed by atoms with Crippen LogP contribution in [0.3, 0.4) is 0 Å². The number of alkyl carbamates (subject to hydrolysis) is 1. The molecule has 4 nitrogen and oxygen atoms in total. The maximum Gasteiger partial charge on any atom is 0.407 e. The molecule has 2 aliphatic carbocycles. The highest BCUT2D eigenvalue weighted by atomic mass is 16.5. The lowest BCUT2D eigenvalue weighted by Gasteiger charge is -2.37. The lowest BCUT2D eigenvalue weighted by molar-refractivity contribution is 0.129. The minimum Gasteiger partial charge on any atom is -0.445 e. The lowest BCUT2D eigenvalue weighted by Crippen LogP contribution is -2.49. The number of fused-ring (bicyclic) bond motifs is 1. The first-order chi connectivity index (χ1) is 12.8. The van der Waals surface area contributed by atoms with E-state index in [1.807, 2.05) is 30.3 Å². The van der Waals surface area contributed by atoms with Gasteiger partial charge >= 0.3 is 6.09 Å². The van der Waals surface area contributed by atoms with E-state index >= 15 is 0 Å². The highest BCUT2D eigenvalue weighted by Crippen LogP contribution is 2.31. The summed E-state index contributed by atoms with van der Waals surface area (Å²) in [7, 11) is 0. The predicted octanol–water partition coefficient (Wildman–Crippen LogP) is 4.43. The Labute approximate surface area is 155 Å². The number of rotatable bonds is 5. The van der Waals surface area contributed by atoms with Gasteiger partial charge in [-0.05, 0) is 61.3 Å². The van der Waals surface area contributed by atoms with E-state index in [9.17, 15) is 4.79 Å². The molecule has 26 heavy (non-hydrogen) atoms. The fourth-order valence-electron chi connectivity index (χ4n) is 3.92. The Hall–Kier alpha value is -2.49. The summed E-state index contributed by atoms with van der Waals surface area (Å²) in [5.74, 6) is 0. The number of amides is 1. The van der Waals surface area contributed by atoms with Crippen molar-refractivity contribution in [1.82, 2.24) is 5.32 Å². The van der Waals surface area contributed by atoms with Gasteiger partial charge in [0.2, 0.25) is 0 Å². The molecule has 1 saturated carbocycles. The molecule has 0 saturated heterocycles. The molecule has 0 heterocycles. The summed E-state index contributed by atoms with van der Waals surface area (Å²) < 4.78 is 5.29. The number of anilines is 1. The molecule has 0 aromatic heterocycles. The zero-order chi connectivity index (χ0) is 17.8. The van der Waals surface area contributed by atoms with Crippen LogP contribution in [0.25, 0.3) is 0 Å². The first kappa shape index (κ1) is 17.0. The zero-order valence-electron chi connectivity index (χ0n) is 15.0. The van der Waals surface area contributed by atoms with Crippen LogP contribution in [0.15, 0.2) is 48.5 Å². The van der Waals surface area contributed by atoms with Gasteiger partial charge in [-0.1, -0.05) is 42.5 Å². The molecule has 0 bridgehead atoms. The first-order valence-electron chi connectivity index (χ1n) is 9.62. The average molecular weight is 350 g/mol. The second-order valence-corrected chi connectivity index (χ2v) is 7.37. The second kappa shape index (κ2) is 7.81. The van der Waals surface area contributed by atoms with Crippen LogP contribution in [0.2, 0.25) is 0 Å². The van der Waals surface area contributed by atoms with Crippen molar-refractivity contribution < 1.29 is 9.53 Å². The minimum absolute atomic E-state index is 0.204. The number of nitrogens with one attached hydrogen (secondary N) is 2. The van der Waals surface area contributed by atoms with Gasteiger partial charge in [0.15, 0.2) is 0 Å². The molecule has 4 rings (SSSR count). The largest absolute Gasteiger partial charge is 0.445 e. The van der Waals surface area contributed by atoms with Crippen LogP contribution in [0.1, 0.15) is 42.4 Å². The van der Waals surface area contributed by atoms with E-state index in [-0.39, 0.29) is 12.1 Å². The van der Waals surface area contributed by atoms with Gasteiger partial charge in [0.25, 0.3) is 0 Å². The van der Waals surface area contributed by atoms with Crippen LogP contribution in [0.5, 0.6) is 0 Å². The molecule has 2 aromatic rings. The Morgan fingerprint density at radius 3 is 2.62 bits per heavy atom. The van der Waals surface area contributed by atoms with Crippen LogP contribution in [-0.2, 0) is 24.2 Å². The van der Waals surface area contributed by atoms with Gasteiger partial charge in [0, 0.05) is 17.8 Å². The molecule has 2 aliphatic rings. The average Bonchev–Trinajstić information content (AvgIpc) is 2.65. The minimum atomic E-state index is -0.325. The first-order valence-corrected chi connectivity index (χ1v) is 9.62. The molecular formula is C22H26N2O2. The normalized spacial score (nSPS) is 21.2. The number of aryl methyl sites for hydroxylation is 1. The highest BCUT2D eigenvalue weighted by Gasteiger charge is 2.31. The lowest BCUT2D eigenvalue weighted by atomic mass is 9.85. The van der Waals surface area contributed by atoms with Gasteiger partial charge < -0.3 is 15.4 Å². The summed E-state index contributed by atoms with van der Waals surface area (Å²) in [4.78, 5) is 11.9. The van der Waals surface area contributed by atoms with Gasteiger partial charge in [0.05, 0.1) is 0 Å². The molecule has 0 unspecified atom stereocenters. The molecular weight excluding hydrogens is 324 g/mol. The molecule has 4 heteroatoms. The van der Waals surface area contributed by atoms with E-state index in [0.717, 1.165) is 18.4 Å². The number of hydrogen-bond donors (Lipinski definition) is 2. The van der Waals surface area contributed by atoms with E-state index in [2.05, 4.69) is 28.8 Å². The summed E-state index contributed by atoms with van der Waals surface area (Å²) in [6.45, 7) is 0.317.